The SMILES string of the molecule is O=C(Cn1cnc2ccccc2c1=O)Oc1ccccc1C(F)(F)F. The molecule has 3 aromatic rings. The summed E-state index contributed by atoms with van der Waals surface area (Å²) in [6.07, 6.45) is -3.50. The molecule has 128 valence electrons. The van der Waals surface area contributed by atoms with Crippen LogP contribution in [0.3, 0.4) is 0 Å². The van der Waals surface area contributed by atoms with Crippen molar-refractivity contribution in [2.45, 2.75) is 12.7 Å². The highest BCUT2D eigenvalue weighted by Gasteiger charge is 2.34. The van der Waals surface area contributed by atoms with E-state index in [1.807, 2.05) is 0 Å². The number of rotatable bonds is 3. The van der Waals surface area contributed by atoms with E-state index in [0.717, 1.165) is 23.0 Å². The smallest absolute Gasteiger partial charge is 0.419 e. The van der Waals surface area contributed by atoms with Crippen LogP contribution in [0, 0.1) is 0 Å². The van der Waals surface area contributed by atoms with Crippen LogP contribution in [0.2, 0.25) is 0 Å². The van der Waals surface area contributed by atoms with Gasteiger partial charge in [0.05, 0.1) is 22.8 Å². The molecule has 8 heteroatoms. The molecule has 0 atom stereocenters. The third-order valence-electron chi connectivity index (χ3n) is 3.45. The average molecular weight is 348 g/mol. The summed E-state index contributed by atoms with van der Waals surface area (Å²) in [5, 5.41) is 0.300. The van der Waals surface area contributed by atoms with Gasteiger partial charge in [-0.15, -0.1) is 0 Å². The Balaban J connectivity index is 1.85. The second-order valence-corrected chi connectivity index (χ2v) is 5.16. The highest BCUT2D eigenvalue weighted by Crippen LogP contribution is 2.35. The van der Waals surface area contributed by atoms with Gasteiger partial charge in [0.1, 0.15) is 12.3 Å². The normalized spacial score (nSPS) is 11.5. The summed E-state index contributed by atoms with van der Waals surface area (Å²) in [5.74, 6) is -1.61. The molecule has 0 aliphatic rings. The number of ether oxygens (including phenoxy) is 1. The minimum Gasteiger partial charge on any atom is -0.425 e. The Morgan fingerprint density at radius 3 is 2.52 bits per heavy atom. The maximum Gasteiger partial charge on any atom is 0.419 e. The molecule has 0 spiro atoms. The van der Waals surface area contributed by atoms with E-state index in [0.29, 0.717) is 10.9 Å². The molecular formula is C17H11F3N2O3. The van der Waals surface area contributed by atoms with E-state index in [1.165, 1.54) is 12.1 Å². The lowest BCUT2D eigenvalue weighted by Crippen LogP contribution is -2.27. The molecule has 0 amide bonds. The van der Waals surface area contributed by atoms with E-state index in [4.69, 9.17) is 4.74 Å². The fourth-order valence-corrected chi connectivity index (χ4v) is 2.30. The van der Waals surface area contributed by atoms with Crippen LogP contribution in [0.1, 0.15) is 5.56 Å². The zero-order valence-corrected chi connectivity index (χ0v) is 12.7. The van der Waals surface area contributed by atoms with Crippen LogP contribution < -0.4 is 10.3 Å². The molecule has 0 saturated carbocycles. The molecule has 0 unspecified atom stereocenters. The van der Waals surface area contributed by atoms with Crippen molar-refractivity contribution in [2.24, 2.45) is 0 Å². The van der Waals surface area contributed by atoms with Crippen LogP contribution in [0.5, 0.6) is 5.75 Å². The summed E-state index contributed by atoms with van der Waals surface area (Å²) in [6.45, 7) is -0.553. The number of fused-ring (bicyclic) bond motifs is 1. The molecule has 0 saturated heterocycles. The number of benzene rings is 2. The van der Waals surface area contributed by atoms with Crippen molar-refractivity contribution in [3.8, 4) is 5.75 Å². The maximum absolute atomic E-state index is 12.9. The maximum atomic E-state index is 12.9. The quantitative estimate of drug-likeness (QED) is 0.539. The molecule has 0 radical (unpaired) electrons. The number of aromatic nitrogens is 2. The zero-order chi connectivity index (χ0) is 18.0. The lowest BCUT2D eigenvalue weighted by atomic mass is 10.2. The molecule has 0 aliphatic heterocycles. The number of esters is 1. The van der Waals surface area contributed by atoms with Gasteiger partial charge >= 0.3 is 12.1 Å². The monoisotopic (exact) mass is 348 g/mol. The second-order valence-electron chi connectivity index (χ2n) is 5.16. The summed E-state index contributed by atoms with van der Waals surface area (Å²) >= 11 is 0. The largest absolute Gasteiger partial charge is 0.425 e. The molecule has 2 aromatic carbocycles. The summed E-state index contributed by atoms with van der Waals surface area (Å²) in [4.78, 5) is 28.3. The van der Waals surface area contributed by atoms with E-state index >= 15 is 0 Å². The number of para-hydroxylation sites is 2. The van der Waals surface area contributed by atoms with Gasteiger partial charge in [-0.25, -0.2) is 9.78 Å². The summed E-state index contributed by atoms with van der Waals surface area (Å²) < 4.78 is 44.5. The third-order valence-corrected chi connectivity index (χ3v) is 3.45. The Bertz CT molecular complexity index is 996. The van der Waals surface area contributed by atoms with E-state index in [-0.39, 0.29) is 0 Å². The van der Waals surface area contributed by atoms with Crippen LogP contribution in [0.4, 0.5) is 13.2 Å². The average Bonchev–Trinajstić information content (AvgIpc) is 2.57. The molecule has 1 heterocycles. The number of alkyl halides is 3. The Hall–Kier alpha value is -3.16. The Labute approximate surface area is 139 Å². The van der Waals surface area contributed by atoms with Crippen molar-refractivity contribution in [1.29, 1.82) is 0 Å². The Kier molecular flexibility index (Phi) is 4.26. The van der Waals surface area contributed by atoms with Gasteiger partial charge in [0, 0.05) is 0 Å². The van der Waals surface area contributed by atoms with E-state index < -0.39 is 35.6 Å². The summed E-state index contributed by atoms with van der Waals surface area (Å²) in [7, 11) is 0. The fraction of sp³-hybridized carbons (Fsp3) is 0.118. The van der Waals surface area contributed by atoms with Crippen molar-refractivity contribution in [3.05, 3.63) is 70.8 Å². The second kappa shape index (κ2) is 6.39. The van der Waals surface area contributed by atoms with Crippen molar-refractivity contribution >= 4 is 16.9 Å². The molecule has 0 N–H and O–H groups in total. The van der Waals surface area contributed by atoms with Crippen LogP contribution in [0.15, 0.2) is 59.7 Å². The first kappa shape index (κ1) is 16.7. The lowest BCUT2D eigenvalue weighted by Gasteiger charge is -2.13. The first-order valence-corrected chi connectivity index (χ1v) is 7.17. The lowest BCUT2D eigenvalue weighted by molar-refractivity contribution is -0.142. The van der Waals surface area contributed by atoms with E-state index in [1.54, 1.807) is 24.3 Å². The van der Waals surface area contributed by atoms with Gasteiger partial charge < -0.3 is 4.74 Å². The molecule has 1 aromatic heterocycles. The van der Waals surface area contributed by atoms with Crippen molar-refractivity contribution in [2.75, 3.05) is 0 Å². The fourth-order valence-electron chi connectivity index (χ4n) is 2.30. The summed E-state index contributed by atoms with van der Waals surface area (Å²) in [6, 6.07) is 10.9. The van der Waals surface area contributed by atoms with Gasteiger partial charge in [-0.2, -0.15) is 13.2 Å². The minimum atomic E-state index is -4.65. The van der Waals surface area contributed by atoms with Gasteiger partial charge in [0.25, 0.3) is 5.56 Å². The van der Waals surface area contributed by atoms with Crippen LogP contribution >= 0.6 is 0 Å². The van der Waals surface area contributed by atoms with E-state index in [2.05, 4.69) is 4.98 Å². The molecule has 5 nitrogen and oxygen atoms in total. The number of hydrogen-bond donors (Lipinski definition) is 0. The Morgan fingerprint density at radius 1 is 1.08 bits per heavy atom. The number of carbonyl (C=O) groups is 1. The first-order chi connectivity index (χ1) is 11.9. The minimum absolute atomic E-state index is 0.300. The highest BCUT2D eigenvalue weighted by atomic mass is 19.4. The molecule has 0 bridgehead atoms. The van der Waals surface area contributed by atoms with Crippen molar-refractivity contribution < 1.29 is 22.7 Å². The van der Waals surface area contributed by atoms with Crippen molar-refractivity contribution in [1.82, 2.24) is 9.55 Å². The molecule has 3 rings (SSSR count). The van der Waals surface area contributed by atoms with Crippen LogP contribution in [-0.4, -0.2) is 15.5 Å². The van der Waals surface area contributed by atoms with Gasteiger partial charge in [-0.3, -0.25) is 9.36 Å². The molecule has 0 fully saturated rings. The topological polar surface area (TPSA) is 61.2 Å². The number of hydrogen-bond acceptors (Lipinski definition) is 4. The molecule has 25 heavy (non-hydrogen) atoms. The highest BCUT2D eigenvalue weighted by molar-refractivity contribution is 5.78. The van der Waals surface area contributed by atoms with Crippen LogP contribution in [0.25, 0.3) is 10.9 Å². The van der Waals surface area contributed by atoms with Gasteiger partial charge in [-0.05, 0) is 24.3 Å². The molecule has 0 aliphatic carbocycles. The molecular weight excluding hydrogens is 337 g/mol. The predicted molar refractivity (Wildman–Crippen MR) is 83.1 cm³/mol. The first-order valence-electron chi connectivity index (χ1n) is 7.17. The van der Waals surface area contributed by atoms with Gasteiger partial charge in [0.15, 0.2) is 0 Å². The van der Waals surface area contributed by atoms with Crippen molar-refractivity contribution in [3.63, 3.8) is 0 Å². The van der Waals surface area contributed by atoms with E-state index in [9.17, 15) is 22.8 Å². The van der Waals surface area contributed by atoms with Gasteiger partial charge in [0.2, 0.25) is 0 Å². The summed E-state index contributed by atoms with van der Waals surface area (Å²) in [5.41, 5.74) is -1.08. The standard InChI is InChI=1S/C17H11F3N2O3/c18-17(19,20)12-6-2-4-8-14(12)25-15(23)9-22-10-21-13-7-3-1-5-11(13)16(22)24/h1-8,10H,9H2. The zero-order valence-electron chi connectivity index (χ0n) is 12.7. The van der Waals surface area contributed by atoms with Crippen LogP contribution in [-0.2, 0) is 17.5 Å². The van der Waals surface area contributed by atoms with Gasteiger partial charge in [-0.1, -0.05) is 24.3 Å². The number of halogens is 3. The third kappa shape index (κ3) is 3.52. The predicted octanol–water partition coefficient (Wildman–Crippen LogP) is 3.02. The number of carbonyl (C=O) groups excluding carboxylic acids is 1. The Morgan fingerprint density at radius 2 is 1.76 bits per heavy atom. The number of nitrogens with zero attached hydrogens (tertiary/aromatic N) is 2.